The Bertz CT molecular complexity index is 815. The van der Waals surface area contributed by atoms with Crippen molar-refractivity contribution in [3.63, 3.8) is 0 Å². The zero-order valence-electron chi connectivity index (χ0n) is 10.6. The number of anilines is 1. The number of carboxylic acid groups (broad SMARTS) is 1. The Balaban J connectivity index is 2.52. The number of rotatable bonds is 4. The molecule has 2 rings (SSSR count). The van der Waals surface area contributed by atoms with Gasteiger partial charge in [-0.1, -0.05) is 6.07 Å². The van der Waals surface area contributed by atoms with Crippen LogP contribution in [0.15, 0.2) is 37.4 Å². The van der Waals surface area contributed by atoms with Crippen LogP contribution in [0.1, 0.15) is 15.2 Å². The summed E-state index contributed by atoms with van der Waals surface area (Å²) in [6, 6.07) is 5.92. The van der Waals surface area contributed by atoms with Crippen molar-refractivity contribution in [3.05, 3.63) is 43.0 Å². The van der Waals surface area contributed by atoms with Crippen LogP contribution in [0.2, 0.25) is 0 Å². The van der Waals surface area contributed by atoms with Gasteiger partial charge >= 0.3 is 5.97 Å². The highest BCUT2D eigenvalue weighted by Gasteiger charge is 2.23. The lowest BCUT2D eigenvalue weighted by atomic mass is 10.2. The number of hydrogen-bond donors (Lipinski definition) is 2. The highest BCUT2D eigenvalue weighted by molar-refractivity contribution is 9.11. The lowest BCUT2D eigenvalue weighted by molar-refractivity contribution is 0.0698. The van der Waals surface area contributed by atoms with Crippen LogP contribution < -0.4 is 4.72 Å². The van der Waals surface area contributed by atoms with Crippen LogP contribution in [0.4, 0.5) is 5.69 Å². The molecule has 21 heavy (non-hydrogen) atoms. The van der Waals surface area contributed by atoms with E-state index in [0.29, 0.717) is 13.1 Å². The van der Waals surface area contributed by atoms with E-state index in [-0.39, 0.29) is 16.1 Å². The fraction of sp³-hybridized carbons (Fsp3) is 0.0833. The summed E-state index contributed by atoms with van der Waals surface area (Å²) in [6.07, 6.45) is 0. The zero-order chi connectivity index (χ0) is 15.8. The first-order valence-electron chi connectivity index (χ1n) is 5.53. The van der Waals surface area contributed by atoms with Crippen molar-refractivity contribution in [2.45, 2.75) is 11.8 Å². The number of sulfonamides is 1. The fourth-order valence-electron chi connectivity index (χ4n) is 1.69. The molecular formula is C12H9Br2NO4S2. The molecule has 0 unspecified atom stereocenters. The average Bonchev–Trinajstić information content (AvgIpc) is 2.71. The Morgan fingerprint density at radius 1 is 1.33 bits per heavy atom. The number of aromatic carboxylic acids is 1. The van der Waals surface area contributed by atoms with Gasteiger partial charge in [-0.15, -0.1) is 11.3 Å². The molecule has 0 fully saturated rings. The summed E-state index contributed by atoms with van der Waals surface area (Å²) < 4.78 is 28.2. The third kappa shape index (κ3) is 3.47. The quantitative estimate of drug-likeness (QED) is 0.728. The fourth-order valence-corrected chi connectivity index (χ4v) is 5.81. The van der Waals surface area contributed by atoms with E-state index in [0.717, 1.165) is 0 Å². The SMILES string of the molecule is Cc1sc(Br)cc1S(=O)(=O)Nc1c(Br)cccc1C(=O)O. The average molecular weight is 455 g/mol. The number of halogens is 2. The van der Waals surface area contributed by atoms with Gasteiger partial charge in [-0.3, -0.25) is 4.72 Å². The van der Waals surface area contributed by atoms with Crippen molar-refractivity contribution >= 4 is 64.9 Å². The maximum Gasteiger partial charge on any atom is 0.337 e. The van der Waals surface area contributed by atoms with Crippen LogP contribution in [-0.4, -0.2) is 19.5 Å². The van der Waals surface area contributed by atoms with Crippen LogP contribution in [-0.2, 0) is 10.0 Å². The van der Waals surface area contributed by atoms with Crippen molar-refractivity contribution in [2.75, 3.05) is 4.72 Å². The Kier molecular flexibility index (Phi) is 4.76. The molecule has 2 N–H and O–H groups in total. The number of nitrogens with one attached hydrogen (secondary N) is 1. The smallest absolute Gasteiger partial charge is 0.337 e. The molecule has 0 aliphatic rings. The van der Waals surface area contributed by atoms with E-state index < -0.39 is 16.0 Å². The number of para-hydroxylation sites is 1. The molecule has 1 heterocycles. The minimum Gasteiger partial charge on any atom is -0.478 e. The van der Waals surface area contributed by atoms with Crippen molar-refractivity contribution < 1.29 is 18.3 Å². The topological polar surface area (TPSA) is 83.5 Å². The van der Waals surface area contributed by atoms with Crippen LogP contribution in [0, 0.1) is 6.92 Å². The van der Waals surface area contributed by atoms with Gasteiger partial charge in [-0.2, -0.15) is 0 Å². The zero-order valence-corrected chi connectivity index (χ0v) is 15.4. The van der Waals surface area contributed by atoms with E-state index in [1.165, 1.54) is 29.5 Å². The molecule has 9 heteroatoms. The van der Waals surface area contributed by atoms with Gasteiger partial charge in [0.25, 0.3) is 10.0 Å². The van der Waals surface area contributed by atoms with Gasteiger partial charge in [0.2, 0.25) is 0 Å². The highest BCUT2D eigenvalue weighted by Crippen LogP contribution is 2.33. The molecule has 0 saturated carbocycles. The lowest BCUT2D eigenvalue weighted by Crippen LogP contribution is -2.16. The second kappa shape index (κ2) is 6.07. The van der Waals surface area contributed by atoms with Crippen LogP contribution >= 0.6 is 43.2 Å². The molecule has 0 aliphatic heterocycles. The predicted molar refractivity (Wildman–Crippen MR) is 88.7 cm³/mol. The normalized spacial score (nSPS) is 11.4. The van der Waals surface area contributed by atoms with Gasteiger partial charge < -0.3 is 5.11 Å². The van der Waals surface area contributed by atoms with Gasteiger partial charge in [0.15, 0.2) is 0 Å². The second-order valence-corrected chi connectivity index (χ2v) is 9.18. The molecule has 0 aliphatic carbocycles. The number of benzene rings is 1. The van der Waals surface area contributed by atoms with Gasteiger partial charge in [0.1, 0.15) is 4.90 Å². The monoisotopic (exact) mass is 453 g/mol. The minimum atomic E-state index is -3.86. The van der Waals surface area contributed by atoms with Gasteiger partial charge in [0.05, 0.1) is 15.0 Å². The summed E-state index contributed by atoms with van der Waals surface area (Å²) in [5.74, 6) is -1.21. The second-order valence-electron chi connectivity index (χ2n) is 4.04. The van der Waals surface area contributed by atoms with Gasteiger partial charge in [0, 0.05) is 9.35 Å². The molecule has 0 radical (unpaired) electrons. The van der Waals surface area contributed by atoms with Crippen LogP contribution in [0.5, 0.6) is 0 Å². The van der Waals surface area contributed by atoms with E-state index in [1.807, 2.05) is 0 Å². The van der Waals surface area contributed by atoms with E-state index in [4.69, 9.17) is 5.11 Å². The van der Waals surface area contributed by atoms with Crippen molar-refractivity contribution in [1.29, 1.82) is 0 Å². The maximum atomic E-state index is 12.4. The summed E-state index contributed by atoms with van der Waals surface area (Å²) in [5.41, 5.74) is -0.119. The molecule has 5 nitrogen and oxygen atoms in total. The largest absolute Gasteiger partial charge is 0.478 e. The molecular weight excluding hydrogens is 446 g/mol. The molecule has 0 bridgehead atoms. The molecule has 0 saturated heterocycles. The predicted octanol–water partition coefficient (Wildman–Crippen LogP) is 4.08. The third-order valence-corrected chi connectivity index (χ3v) is 6.43. The molecule has 0 amide bonds. The minimum absolute atomic E-state index is 0.00622. The van der Waals surface area contributed by atoms with Gasteiger partial charge in [-0.25, -0.2) is 13.2 Å². The Morgan fingerprint density at radius 2 is 2.00 bits per heavy atom. The number of aryl methyl sites for hydroxylation is 1. The van der Waals surface area contributed by atoms with Gasteiger partial charge in [-0.05, 0) is 57.0 Å². The molecule has 112 valence electrons. The van der Waals surface area contributed by atoms with E-state index >= 15 is 0 Å². The molecule has 1 aromatic carbocycles. The summed E-state index contributed by atoms with van der Waals surface area (Å²) in [4.78, 5) is 11.9. The Hall–Kier alpha value is -0.900. The van der Waals surface area contributed by atoms with Crippen LogP contribution in [0.3, 0.4) is 0 Å². The van der Waals surface area contributed by atoms with Crippen LogP contribution in [0.25, 0.3) is 0 Å². The first kappa shape index (κ1) is 16.5. The third-order valence-electron chi connectivity index (χ3n) is 2.61. The van der Waals surface area contributed by atoms with Crippen molar-refractivity contribution in [2.24, 2.45) is 0 Å². The number of carboxylic acids is 1. The van der Waals surface area contributed by atoms with E-state index in [9.17, 15) is 13.2 Å². The lowest BCUT2D eigenvalue weighted by Gasteiger charge is -2.12. The summed E-state index contributed by atoms with van der Waals surface area (Å²) in [5, 5.41) is 9.16. The molecule has 2 aromatic rings. The highest BCUT2D eigenvalue weighted by atomic mass is 79.9. The number of thiophene rings is 1. The molecule has 0 atom stereocenters. The first-order chi connectivity index (χ1) is 9.72. The summed E-state index contributed by atoms with van der Waals surface area (Å²) >= 11 is 7.69. The molecule has 1 aromatic heterocycles. The number of hydrogen-bond acceptors (Lipinski definition) is 4. The Morgan fingerprint density at radius 3 is 2.52 bits per heavy atom. The first-order valence-corrected chi connectivity index (χ1v) is 9.41. The Labute approximate surface area is 142 Å². The summed E-state index contributed by atoms with van der Waals surface area (Å²) in [7, 11) is -3.86. The standard InChI is InChI=1S/C12H9Br2NO4S2/c1-6-9(5-10(14)20-6)21(18,19)15-11-7(12(16)17)3-2-4-8(11)13/h2-5,15H,1H3,(H,16,17). The number of carbonyl (C=O) groups is 1. The van der Waals surface area contributed by atoms with Crippen molar-refractivity contribution in [3.8, 4) is 0 Å². The van der Waals surface area contributed by atoms with E-state index in [1.54, 1.807) is 13.0 Å². The maximum absolute atomic E-state index is 12.4. The molecule has 0 spiro atoms. The van der Waals surface area contributed by atoms with Crippen molar-refractivity contribution in [1.82, 2.24) is 0 Å². The van der Waals surface area contributed by atoms with E-state index in [2.05, 4.69) is 36.6 Å². The summed E-state index contributed by atoms with van der Waals surface area (Å²) in [6.45, 7) is 1.68.